The number of ether oxygens (including phenoxy) is 1. The standard InChI is InChI=1S/C12H10BrF2NO2/c13-9-4-5-17-11(9)10(16)7-2-1-3-8(6-7)18-12(14)15/h1-6,10,12H,16H2. The van der Waals surface area contributed by atoms with Crippen molar-refractivity contribution < 1.29 is 17.9 Å². The summed E-state index contributed by atoms with van der Waals surface area (Å²) in [5, 5.41) is 0. The van der Waals surface area contributed by atoms with Gasteiger partial charge in [0.25, 0.3) is 0 Å². The lowest BCUT2D eigenvalue weighted by Gasteiger charge is -2.12. The Labute approximate surface area is 111 Å². The van der Waals surface area contributed by atoms with Crippen LogP contribution in [0.25, 0.3) is 0 Å². The molecule has 96 valence electrons. The van der Waals surface area contributed by atoms with E-state index in [2.05, 4.69) is 20.7 Å². The van der Waals surface area contributed by atoms with E-state index in [4.69, 9.17) is 10.2 Å². The van der Waals surface area contributed by atoms with Crippen LogP contribution in [0, 0.1) is 0 Å². The van der Waals surface area contributed by atoms with E-state index >= 15 is 0 Å². The molecular weight excluding hydrogens is 308 g/mol. The second-order valence-electron chi connectivity index (χ2n) is 3.56. The zero-order chi connectivity index (χ0) is 13.1. The maximum atomic E-state index is 12.1. The Bertz CT molecular complexity index is 530. The van der Waals surface area contributed by atoms with Gasteiger partial charge in [0.15, 0.2) is 0 Å². The molecule has 0 saturated heterocycles. The van der Waals surface area contributed by atoms with Crippen LogP contribution in [0.1, 0.15) is 17.4 Å². The van der Waals surface area contributed by atoms with Crippen molar-refractivity contribution in [3.05, 3.63) is 52.4 Å². The molecule has 0 saturated carbocycles. The van der Waals surface area contributed by atoms with Crippen LogP contribution < -0.4 is 10.5 Å². The van der Waals surface area contributed by atoms with Gasteiger partial charge >= 0.3 is 6.61 Å². The smallest absolute Gasteiger partial charge is 0.387 e. The summed E-state index contributed by atoms with van der Waals surface area (Å²) >= 11 is 3.30. The van der Waals surface area contributed by atoms with Crippen molar-refractivity contribution in [2.24, 2.45) is 5.73 Å². The molecule has 0 radical (unpaired) electrons. The average molecular weight is 318 g/mol. The molecule has 3 nitrogen and oxygen atoms in total. The Morgan fingerprint density at radius 2 is 2.06 bits per heavy atom. The number of hydrogen-bond donors (Lipinski definition) is 1. The van der Waals surface area contributed by atoms with E-state index in [1.807, 2.05) is 0 Å². The number of hydrogen-bond acceptors (Lipinski definition) is 3. The molecule has 1 atom stereocenters. The molecule has 0 aliphatic heterocycles. The molecule has 0 aliphatic rings. The van der Waals surface area contributed by atoms with Gasteiger partial charge in [-0.15, -0.1) is 0 Å². The molecule has 0 spiro atoms. The second kappa shape index (κ2) is 5.49. The van der Waals surface area contributed by atoms with Gasteiger partial charge in [0.2, 0.25) is 0 Å². The highest BCUT2D eigenvalue weighted by Crippen LogP contribution is 2.29. The monoisotopic (exact) mass is 317 g/mol. The fourth-order valence-corrected chi connectivity index (χ4v) is 2.01. The fraction of sp³-hybridized carbons (Fsp3) is 0.167. The SMILES string of the molecule is NC(c1cccc(OC(F)F)c1)c1occc1Br. The maximum absolute atomic E-state index is 12.1. The van der Waals surface area contributed by atoms with E-state index < -0.39 is 12.7 Å². The van der Waals surface area contributed by atoms with Crippen molar-refractivity contribution in [3.63, 3.8) is 0 Å². The molecule has 1 unspecified atom stereocenters. The number of furan rings is 1. The molecule has 1 heterocycles. The summed E-state index contributed by atoms with van der Waals surface area (Å²) in [5.74, 6) is 0.602. The van der Waals surface area contributed by atoms with E-state index in [0.717, 1.165) is 4.47 Å². The fourth-order valence-electron chi connectivity index (χ4n) is 1.56. The molecule has 0 bridgehead atoms. The number of benzene rings is 1. The highest BCUT2D eigenvalue weighted by Gasteiger charge is 2.16. The minimum Gasteiger partial charge on any atom is -0.466 e. The highest BCUT2D eigenvalue weighted by molar-refractivity contribution is 9.10. The predicted octanol–water partition coefficient (Wildman–Crippen LogP) is 3.69. The van der Waals surface area contributed by atoms with Crippen LogP contribution >= 0.6 is 15.9 Å². The first kappa shape index (κ1) is 13.0. The van der Waals surface area contributed by atoms with Crippen molar-refractivity contribution in [1.82, 2.24) is 0 Å². The van der Waals surface area contributed by atoms with Gasteiger partial charge in [-0.25, -0.2) is 0 Å². The average Bonchev–Trinajstić information content (AvgIpc) is 2.74. The zero-order valence-electron chi connectivity index (χ0n) is 9.15. The topological polar surface area (TPSA) is 48.4 Å². The number of alkyl halides is 2. The number of halogens is 3. The van der Waals surface area contributed by atoms with Gasteiger partial charge in [-0.1, -0.05) is 12.1 Å². The lowest BCUT2D eigenvalue weighted by molar-refractivity contribution is -0.0498. The van der Waals surface area contributed by atoms with Gasteiger partial charge in [-0.3, -0.25) is 0 Å². The minimum atomic E-state index is -2.85. The molecule has 0 fully saturated rings. The first-order valence-corrected chi connectivity index (χ1v) is 5.90. The van der Waals surface area contributed by atoms with E-state index in [1.54, 1.807) is 18.2 Å². The minimum absolute atomic E-state index is 0.0700. The molecule has 6 heteroatoms. The van der Waals surface area contributed by atoms with E-state index in [-0.39, 0.29) is 5.75 Å². The summed E-state index contributed by atoms with van der Waals surface area (Å²) in [6.45, 7) is -2.85. The maximum Gasteiger partial charge on any atom is 0.387 e. The molecule has 0 aliphatic carbocycles. The lowest BCUT2D eigenvalue weighted by Crippen LogP contribution is -2.12. The van der Waals surface area contributed by atoms with Crippen LogP contribution in [0.5, 0.6) is 5.75 Å². The van der Waals surface area contributed by atoms with Crippen LogP contribution in [-0.2, 0) is 0 Å². The van der Waals surface area contributed by atoms with Crippen molar-refractivity contribution in [3.8, 4) is 5.75 Å². The molecule has 1 aromatic carbocycles. The van der Waals surface area contributed by atoms with Gasteiger partial charge in [-0.05, 0) is 39.7 Å². The molecular formula is C12H10BrF2NO2. The Kier molecular flexibility index (Phi) is 3.98. The molecule has 2 N–H and O–H groups in total. The van der Waals surface area contributed by atoms with Gasteiger partial charge in [0, 0.05) is 0 Å². The third kappa shape index (κ3) is 2.88. The third-order valence-corrected chi connectivity index (χ3v) is 3.02. The van der Waals surface area contributed by atoms with Gasteiger partial charge in [0.05, 0.1) is 16.8 Å². The van der Waals surface area contributed by atoms with Gasteiger partial charge < -0.3 is 14.9 Å². The van der Waals surface area contributed by atoms with Crippen LogP contribution in [-0.4, -0.2) is 6.61 Å². The third-order valence-electron chi connectivity index (χ3n) is 2.37. The predicted molar refractivity (Wildman–Crippen MR) is 65.5 cm³/mol. The first-order valence-electron chi connectivity index (χ1n) is 5.11. The summed E-state index contributed by atoms with van der Waals surface area (Å²) in [5.41, 5.74) is 6.62. The van der Waals surface area contributed by atoms with Gasteiger partial charge in [-0.2, -0.15) is 8.78 Å². The summed E-state index contributed by atoms with van der Waals surface area (Å²) in [4.78, 5) is 0. The van der Waals surface area contributed by atoms with Crippen molar-refractivity contribution in [1.29, 1.82) is 0 Å². The second-order valence-corrected chi connectivity index (χ2v) is 4.42. The Balaban J connectivity index is 2.25. The summed E-state index contributed by atoms with van der Waals surface area (Å²) < 4.78 is 34.5. The van der Waals surface area contributed by atoms with E-state index in [1.165, 1.54) is 18.4 Å². The molecule has 0 amide bonds. The van der Waals surface area contributed by atoms with E-state index in [9.17, 15) is 8.78 Å². The lowest BCUT2D eigenvalue weighted by atomic mass is 10.1. The van der Waals surface area contributed by atoms with Crippen molar-refractivity contribution in [2.75, 3.05) is 0 Å². The Morgan fingerprint density at radius 1 is 1.28 bits per heavy atom. The number of rotatable bonds is 4. The summed E-state index contributed by atoms with van der Waals surface area (Å²) in [7, 11) is 0. The zero-order valence-corrected chi connectivity index (χ0v) is 10.7. The highest BCUT2D eigenvalue weighted by atomic mass is 79.9. The van der Waals surface area contributed by atoms with Crippen LogP contribution in [0.2, 0.25) is 0 Å². The summed E-state index contributed by atoms with van der Waals surface area (Å²) in [6, 6.07) is 7.40. The van der Waals surface area contributed by atoms with E-state index in [0.29, 0.717) is 11.3 Å². The van der Waals surface area contributed by atoms with Crippen LogP contribution in [0.15, 0.2) is 45.5 Å². The first-order chi connectivity index (χ1) is 8.58. The Morgan fingerprint density at radius 3 is 2.67 bits per heavy atom. The molecule has 2 aromatic rings. The molecule has 18 heavy (non-hydrogen) atoms. The largest absolute Gasteiger partial charge is 0.466 e. The summed E-state index contributed by atoms with van der Waals surface area (Å²) in [6.07, 6.45) is 1.50. The van der Waals surface area contributed by atoms with Crippen LogP contribution in [0.4, 0.5) is 8.78 Å². The Hall–Kier alpha value is -1.40. The van der Waals surface area contributed by atoms with Crippen molar-refractivity contribution in [2.45, 2.75) is 12.7 Å². The molecule has 2 rings (SSSR count). The van der Waals surface area contributed by atoms with Gasteiger partial charge in [0.1, 0.15) is 11.5 Å². The number of nitrogens with two attached hydrogens (primary N) is 1. The molecule has 1 aromatic heterocycles. The quantitative estimate of drug-likeness (QED) is 0.935. The van der Waals surface area contributed by atoms with Crippen molar-refractivity contribution >= 4 is 15.9 Å². The van der Waals surface area contributed by atoms with Crippen LogP contribution in [0.3, 0.4) is 0 Å². The normalized spacial score (nSPS) is 12.7.